The Morgan fingerprint density at radius 3 is 1.97 bits per heavy atom. The average Bonchev–Trinajstić information content (AvgIpc) is 2.91. The van der Waals surface area contributed by atoms with Gasteiger partial charge in [0.1, 0.15) is 5.75 Å². The molecule has 0 aliphatic heterocycles. The molecule has 3 aromatic carbocycles. The number of hydrogen-bond donors (Lipinski definition) is 0. The standard InChI is InChI=1S/C31H33F5O2/c1-2-4-21-5-7-22(8-6-21)23-9-11-24(12-10-23)25-13-15-26(16-14-25)31(35,36)38-27-19-28(33)30(29(34)20-27)37-18-3-17-32/h9-16,19-22H,2-8,17-18H2,1H3. The van der Waals surface area contributed by atoms with Crippen LogP contribution in [-0.2, 0) is 6.11 Å². The lowest BCUT2D eigenvalue weighted by atomic mass is 9.77. The molecule has 0 atom stereocenters. The van der Waals surface area contributed by atoms with Gasteiger partial charge in [0.15, 0.2) is 17.4 Å². The molecule has 2 nitrogen and oxygen atoms in total. The van der Waals surface area contributed by atoms with Crippen molar-refractivity contribution in [3.8, 4) is 22.6 Å². The SMILES string of the molecule is CCCC1CCC(c2ccc(-c3ccc(C(F)(F)Oc4cc(F)c(OCCCF)c(F)c4)cc3)cc2)CC1. The van der Waals surface area contributed by atoms with Crippen molar-refractivity contribution in [2.24, 2.45) is 5.92 Å². The van der Waals surface area contributed by atoms with E-state index in [1.54, 1.807) is 12.1 Å². The molecule has 1 aliphatic carbocycles. The fourth-order valence-corrected chi connectivity index (χ4v) is 5.17. The molecular formula is C31H33F5O2. The highest BCUT2D eigenvalue weighted by Gasteiger charge is 2.35. The fourth-order valence-electron chi connectivity index (χ4n) is 5.17. The number of hydrogen-bond acceptors (Lipinski definition) is 2. The molecular weight excluding hydrogens is 499 g/mol. The second kappa shape index (κ2) is 12.6. The summed E-state index contributed by atoms with van der Waals surface area (Å²) in [6, 6.07) is 15.1. The highest BCUT2D eigenvalue weighted by molar-refractivity contribution is 5.64. The predicted molar refractivity (Wildman–Crippen MR) is 138 cm³/mol. The van der Waals surface area contributed by atoms with E-state index in [1.165, 1.54) is 56.2 Å². The lowest BCUT2D eigenvalue weighted by Gasteiger charge is -2.28. The van der Waals surface area contributed by atoms with Gasteiger partial charge in [-0.2, -0.15) is 8.78 Å². The van der Waals surface area contributed by atoms with Crippen LogP contribution in [0.25, 0.3) is 11.1 Å². The van der Waals surface area contributed by atoms with Crippen LogP contribution in [-0.4, -0.2) is 13.3 Å². The molecule has 204 valence electrons. The van der Waals surface area contributed by atoms with Gasteiger partial charge in [0, 0.05) is 18.6 Å². The fraction of sp³-hybridized carbons (Fsp3) is 0.419. The molecule has 0 radical (unpaired) electrons. The molecule has 0 spiro atoms. The molecule has 0 bridgehead atoms. The maximum absolute atomic E-state index is 14.8. The second-order valence-electron chi connectivity index (χ2n) is 9.93. The van der Waals surface area contributed by atoms with Crippen LogP contribution in [0.2, 0.25) is 0 Å². The summed E-state index contributed by atoms with van der Waals surface area (Å²) in [4.78, 5) is 0. The zero-order valence-corrected chi connectivity index (χ0v) is 21.5. The highest BCUT2D eigenvalue weighted by Crippen LogP contribution is 2.39. The van der Waals surface area contributed by atoms with Crippen molar-refractivity contribution >= 4 is 0 Å². The third kappa shape index (κ3) is 6.86. The number of benzene rings is 3. The maximum atomic E-state index is 14.8. The van der Waals surface area contributed by atoms with E-state index in [0.29, 0.717) is 18.1 Å². The van der Waals surface area contributed by atoms with Gasteiger partial charge in [0.05, 0.1) is 18.8 Å². The zero-order chi connectivity index (χ0) is 27.1. The van der Waals surface area contributed by atoms with Crippen molar-refractivity contribution in [3.63, 3.8) is 0 Å². The molecule has 0 saturated heterocycles. The summed E-state index contributed by atoms with van der Waals surface area (Å²) < 4.78 is 79.6. The monoisotopic (exact) mass is 532 g/mol. The average molecular weight is 533 g/mol. The van der Waals surface area contributed by atoms with Crippen molar-refractivity contribution < 1.29 is 31.4 Å². The summed E-state index contributed by atoms with van der Waals surface area (Å²) in [5, 5.41) is 0. The predicted octanol–water partition coefficient (Wildman–Crippen LogP) is 9.57. The largest absolute Gasteiger partial charge is 0.488 e. The van der Waals surface area contributed by atoms with Gasteiger partial charge in [0.2, 0.25) is 0 Å². The first-order chi connectivity index (χ1) is 18.3. The summed E-state index contributed by atoms with van der Waals surface area (Å²) in [5.74, 6) is -2.44. The van der Waals surface area contributed by atoms with Gasteiger partial charge in [-0.25, -0.2) is 8.78 Å². The lowest BCUT2D eigenvalue weighted by molar-refractivity contribution is -0.185. The Hall–Kier alpha value is -3.09. The van der Waals surface area contributed by atoms with E-state index in [-0.39, 0.29) is 13.0 Å². The number of ether oxygens (including phenoxy) is 2. The maximum Gasteiger partial charge on any atom is 0.426 e. The number of rotatable bonds is 11. The van der Waals surface area contributed by atoms with Crippen LogP contribution >= 0.6 is 0 Å². The molecule has 0 N–H and O–H groups in total. The van der Waals surface area contributed by atoms with Gasteiger partial charge in [-0.3, -0.25) is 4.39 Å². The van der Waals surface area contributed by atoms with Crippen molar-refractivity contribution in [2.75, 3.05) is 13.3 Å². The molecule has 0 heterocycles. The minimum absolute atomic E-state index is 0.0463. The summed E-state index contributed by atoms with van der Waals surface area (Å²) in [7, 11) is 0. The topological polar surface area (TPSA) is 18.5 Å². The molecule has 0 aromatic heterocycles. The Bertz CT molecular complexity index is 1150. The van der Waals surface area contributed by atoms with Crippen molar-refractivity contribution in [1.29, 1.82) is 0 Å². The Labute approximate surface area is 220 Å². The van der Waals surface area contributed by atoms with Crippen LogP contribution in [0.5, 0.6) is 11.5 Å². The van der Waals surface area contributed by atoms with Crippen molar-refractivity contribution in [2.45, 2.75) is 63.9 Å². The third-order valence-electron chi connectivity index (χ3n) is 7.22. The normalized spacial score (nSPS) is 17.8. The van der Waals surface area contributed by atoms with Crippen LogP contribution < -0.4 is 9.47 Å². The van der Waals surface area contributed by atoms with Crippen molar-refractivity contribution in [1.82, 2.24) is 0 Å². The molecule has 1 saturated carbocycles. The molecule has 38 heavy (non-hydrogen) atoms. The Morgan fingerprint density at radius 2 is 1.42 bits per heavy atom. The minimum atomic E-state index is -3.82. The van der Waals surface area contributed by atoms with E-state index in [2.05, 4.69) is 23.8 Å². The molecule has 4 rings (SSSR count). The lowest BCUT2D eigenvalue weighted by Crippen LogP contribution is -2.22. The first kappa shape index (κ1) is 27.9. The van der Waals surface area contributed by atoms with Gasteiger partial charge in [-0.1, -0.05) is 56.2 Å². The number of alkyl halides is 3. The summed E-state index contributed by atoms with van der Waals surface area (Å²) in [6.07, 6.45) is 3.63. The summed E-state index contributed by atoms with van der Waals surface area (Å²) in [5.41, 5.74) is 2.55. The van der Waals surface area contributed by atoms with Gasteiger partial charge in [-0.15, -0.1) is 0 Å². The Kier molecular flexibility index (Phi) is 9.29. The van der Waals surface area contributed by atoms with Gasteiger partial charge >= 0.3 is 6.11 Å². The third-order valence-corrected chi connectivity index (χ3v) is 7.22. The van der Waals surface area contributed by atoms with Crippen LogP contribution in [0.3, 0.4) is 0 Å². The van der Waals surface area contributed by atoms with E-state index in [1.807, 2.05) is 12.1 Å². The van der Waals surface area contributed by atoms with Crippen LogP contribution in [0.1, 0.15) is 68.9 Å². The van der Waals surface area contributed by atoms with Crippen molar-refractivity contribution in [3.05, 3.63) is 83.4 Å². The smallest absolute Gasteiger partial charge is 0.426 e. The summed E-state index contributed by atoms with van der Waals surface area (Å²) >= 11 is 0. The Morgan fingerprint density at radius 1 is 0.842 bits per heavy atom. The molecule has 3 aromatic rings. The molecule has 0 amide bonds. The van der Waals surface area contributed by atoms with E-state index < -0.39 is 41.5 Å². The molecule has 0 unspecified atom stereocenters. The van der Waals surface area contributed by atoms with Gasteiger partial charge in [-0.05, 0) is 66.3 Å². The van der Waals surface area contributed by atoms with Gasteiger partial charge in [0.25, 0.3) is 0 Å². The van der Waals surface area contributed by atoms with Crippen LogP contribution in [0.4, 0.5) is 22.0 Å². The van der Waals surface area contributed by atoms with E-state index in [9.17, 15) is 22.0 Å². The minimum Gasteiger partial charge on any atom is -0.488 e. The van der Waals surface area contributed by atoms with Gasteiger partial charge < -0.3 is 9.47 Å². The Balaban J connectivity index is 1.40. The summed E-state index contributed by atoms with van der Waals surface area (Å²) in [6.45, 7) is 1.29. The number of halogens is 5. The zero-order valence-electron chi connectivity index (χ0n) is 21.5. The van der Waals surface area contributed by atoms with Crippen LogP contribution in [0, 0.1) is 17.6 Å². The first-order valence-corrected chi connectivity index (χ1v) is 13.3. The van der Waals surface area contributed by atoms with E-state index >= 15 is 0 Å². The molecule has 1 fully saturated rings. The second-order valence-corrected chi connectivity index (χ2v) is 9.93. The quantitative estimate of drug-likeness (QED) is 0.181. The van der Waals surface area contributed by atoms with E-state index in [0.717, 1.165) is 17.0 Å². The van der Waals surface area contributed by atoms with Crippen LogP contribution in [0.15, 0.2) is 60.7 Å². The molecule has 7 heteroatoms. The van der Waals surface area contributed by atoms with E-state index in [4.69, 9.17) is 4.74 Å². The highest BCUT2D eigenvalue weighted by atomic mass is 19.3. The first-order valence-electron chi connectivity index (χ1n) is 13.3. The molecule has 1 aliphatic rings.